The predicted molar refractivity (Wildman–Crippen MR) is 63.5 cm³/mol. The van der Waals surface area contributed by atoms with Crippen molar-refractivity contribution < 1.29 is 4.84 Å². The van der Waals surface area contributed by atoms with E-state index in [1.165, 1.54) is 6.42 Å². The van der Waals surface area contributed by atoms with Crippen LogP contribution in [0.1, 0.15) is 32.1 Å². The van der Waals surface area contributed by atoms with Crippen molar-refractivity contribution in [3.63, 3.8) is 0 Å². The molecule has 0 aromatic rings. The highest BCUT2D eigenvalue weighted by molar-refractivity contribution is 8.08. The number of rotatable bonds is 1. The topological polar surface area (TPSA) is 36.3 Å². The molecule has 0 amide bonds. The number of fused-ring (bicyclic) bond motifs is 1. The summed E-state index contributed by atoms with van der Waals surface area (Å²) >= 11 is 1.91. The van der Waals surface area contributed by atoms with Crippen LogP contribution < -0.4 is 0 Å². The smallest absolute Gasteiger partial charge is 0.153 e. The second kappa shape index (κ2) is 3.68. The minimum absolute atomic E-state index is 0.427. The van der Waals surface area contributed by atoms with E-state index in [0.717, 1.165) is 38.0 Å². The molecule has 0 aromatic carbocycles. The summed E-state index contributed by atoms with van der Waals surface area (Å²) in [6.45, 7) is 4.86. The van der Waals surface area contributed by atoms with Gasteiger partial charge in [-0.1, -0.05) is 13.0 Å². The number of hydroxylamine groups is 2. The maximum absolute atomic E-state index is 9.49. The second-order valence-corrected chi connectivity index (χ2v) is 6.27. The van der Waals surface area contributed by atoms with Crippen LogP contribution in [0.4, 0.5) is 0 Å². The van der Waals surface area contributed by atoms with Gasteiger partial charge in [0.2, 0.25) is 0 Å². The summed E-state index contributed by atoms with van der Waals surface area (Å²) < 4.78 is 0. The fourth-order valence-electron chi connectivity index (χ4n) is 2.80. The minimum Gasteiger partial charge on any atom is -0.271 e. The van der Waals surface area contributed by atoms with E-state index in [9.17, 15) is 5.26 Å². The molecule has 1 saturated carbocycles. The van der Waals surface area contributed by atoms with Gasteiger partial charge in [-0.2, -0.15) is 5.26 Å². The van der Waals surface area contributed by atoms with Gasteiger partial charge in [0.05, 0.1) is 23.6 Å². The van der Waals surface area contributed by atoms with Crippen LogP contribution in [0.15, 0.2) is 12.3 Å². The van der Waals surface area contributed by atoms with Crippen LogP contribution in [-0.4, -0.2) is 27.7 Å². The summed E-state index contributed by atoms with van der Waals surface area (Å²) in [6, 6.07) is 2.49. The third kappa shape index (κ3) is 1.46. The highest BCUT2D eigenvalue weighted by Crippen LogP contribution is 2.52. The molecule has 0 radical (unpaired) electrons. The van der Waals surface area contributed by atoms with Crippen molar-refractivity contribution in [3.05, 3.63) is 12.3 Å². The third-order valence-electron chi connectivity index (χ3n) is 3.82. The summed E-state index contributed by atoms with van der Waals surface area (Å²) in [7, 11) is 0. The van der Waals surface area contributed by atoms with Gasteiger partial charge in [-0.05, 0) is 25.7 Å². The average Bonchev–Trinajstić information content (AvgIpc) is 3.11. The van der Waals surface area contributed by atoms with Gasteiger partial charge in [0.15, 0.2) is 5.54 Å². The van der Waals surface area contributed by atoms with Crippen molar-refractivity contribution in [2.45, 2.75) is 48.1 Å². The van der Waals surface area contributed by atoms with Crippen molar-refractivity contribution in [2.24, 2.45) is 0 Å². The van der Waals surface area contributed by atoms with Gasteiger partial charge in [0.1, 0.15) is 0 Å². The zero-order chi connectivity index (χ0) is 11.2. The maximum atomic E-state index is 9.49. The molecular formula is C12H16N2OS. The first-order valence-corrected chi connectivity index (χ1v) is 6.90. The maximum Gasteiger partial charge on any atom is 0.153 e. The van der Waals surface area contributed by atoms with E-state index in [1.54, 1.807) is 0 Å². The van der Waals surface area contributed by atoms with E-state index in [1.807, 2.05) is 16.8 Å². The van der Waals surface area contributed by atoms with Gasteiger partial charge >= 0.3 is 0 Å². The summed E-state index contributed by atoms with van der Waals surface area (Å²) in [5.41, 5.74) is 0.591. The predicted octanol–water partition coefficient (Wildman–Crippen LogP) is 2.46. The quantitative estimate of drug-likeness (QED) is 0.655. The first-order valence-electron chi connectivity index (χ1n) is 5.95. The molecule has 3 aliphatic rings. The highest BCUT2D eigenvalue weighted by Gasteiger charge is 2.52. The molecule has 3 nitrogen and oxygen atoms in total. The fraction of sp³-hybridized carbons (Fsp3) is 0.750. The Bertz CT molecular complexity index is 357. The molecule has 16 heavy (non-hydrogen) atoms. The molecule has 4 heteroatoms. The van der Waals surface area contributed by atoms with Gasteiger partial charge in [-0.15, -0.1) is 11.8 Å². The first kappa shape index (κ1) is 10.5. The lowest BCUT2D eigenvalue weighted by molar-refractivity contribution is -0.198. The molecule has 0 aromatic heterocycles. The summed E-state index contributed by atoms with van der Waals surface area (Å²) in [5, 5.41) is 12.5. The number of nitriles is 1. The molecule has 3 rings (SSSR count). The zero-order valence-electron chi connectivity index (χ0n) is 9.32. The summed E-state index contributed by atoms with van der Waals surface area (Å²) in [6.07, 6.45) is 5.34. The number of hydrogen-bond donors (Lipinski definition) is 0. The Hall–Kier alpha value is -0.660. The standard InChI is InChI=1S/C12H16N2OS/c1-9-11-10(16-11)7-15-14(9)12(8-13)5-3-2-4-6-12/h10-11H,1-7H2. The van der Waals surface area contributed by atoms with Crippen LogP contribution in [0.5, 0.6) is 0 Å². The molecule has 0 spiro atoms. The molecule has 3 fully saturated rings. The lowest BCUT2D eigenvalue weighted by Gasteiger charge is -2.43. The van der Waals surface area contributed by atoms with Gasteiger partial charge in [0, 0.05) is 5.25 Å². The summed E-state index contributed by atoms with van der Waals surface area (Å²) in [4.78, 5) is 5.77. The molecule has 0 bridgehead atoms. The van der Waals surface area contributed by atoms with Crippen molar-refractivity contribution in [1.29, 1.82) is 5.26 Å². The van der Waals surface area contributed by atoms with Gasteiger partial charge in [-0.25, -0.2) is 5.06 Å². The molecule has 2 unspecified atom stereocenters. The van der Waals surface area contributed by atoms with E-state index in [-0.39, 0.29) is 0 Å². The first-order chi connectivity index (χ1) is 7.77. The van der Waals surface area contributed by atoms with Crippen LogP contribution >= 0.6 is 11.8 Å². The Morgan fingerprint density at radius 1 is 1.44 bits per heavy atom. The third-order valence-corrected chi connectivity index (χ3v) is 5.15. The molecule has 0 N–H and O–H groups in total. The molecule has 2 atom stereocenters. The summed E-state index contributed by atoms with van der Waals surface area (Å²) in [5.74, 6) is 0. The van der Waals surface area contributed by atoms with Crippen molar-refractivity contribution in [3.8, 4) is 6.07 Å². The molecule has 2 saturated heterocycles. The molecule has 2 heterocycles. The van der Waals surface area contributed by atoms with Gasteiger partial charge in [0.25, 0.3) is 0 Å². The van der Waals surface area contributed by atoms with Crippen LogP contribution in [-0.2, 0) is 4.84 Å². The van der Waals surface area contributed by atoms with Gasteiger partial charge < -0.3 is 0 Å². The van der Waals surface area contributed by atoms with E-state index in [0.29, 0.717) is 10.5 Å². The monoisotopic (exact) mass is 236 g/mol. The largest absolute Gasteiger partial charge is 0.271 e. The molecule has 2 aliphatic heterocycles. The van der Waals surface area contributed by atoms with Crippen molar-refractivity contribution in [2.75, 3.05) is 6.61 Å². The fourth-order valence-corrected chi connectivity index (χ4v) is 3.72. The van der Waals surface area contributed by atoms with E-state index >= 15 is 0 Å². The lowest BCUT2D eigenvalue weighted by Crippen LogP contribution is -2.51. The number of thioether (sulfide) groups is 1. The Morgan fingerprint density at radius 2 is 2.19 bits per heavy atom. The van der Waals surface area contributed by atoms with Crippen LogP contribution in [0.2, 0.25) is 0 Å². The van der Waals surface area contributed by atoms with Gasteiger partial charge in [-0.3, -0.25) is 4.84 Å². The lowest BCUT2D eigenvalue weighted by atomic mass is 9.82. The number of nitrogens with zero attached hydrogens (tertiary/aromatic N) is 2. The Balaban J connectivity index is 1.83. The Labute approximate surface area is 100 Å². The average molecular weight is 236 g/mol. The zero-order valence-corrected chi connectivity index (χ0v) is 10.1. The molecular weight excluding hydrogens is 220 g/mol. The van der Waals surface area contributed by atoms with Crippen LogP contribution in [0, 0.1) is 11.3 Å². The van der Waals surface area contributed by atoms with E-state index in [4.69, 9.17) is 4.84 Å². The van der Waals surface area contributed by atoms with E-state index < -0.39 is 5.54 Å². The SMILES string of the molecule is C=C1C2SC2CON1C1(C#N)CCCCC1. The molecule has 1 aliphatic carbocycles. The Morgan fingerprint density at radius 3 is 2.88 bits per heavy atom. The highest BCUT2D eigenvalue weighted by atomic mass is 32.2. The van der Waals surface area contributed by atoms with Crippen LogP contribution in [0.3, 0.4) is 0 Å². The van der Waals surface area contributed by atoms with Crippen LogP contribution in [0.25, 0.3) is 0 Å². The number of hydrogen-bond acceptors (Lipinski definition) is 4. The van der Waals surface area contributed by atoms with E-state index in [2.05, 4.69) is 12.6 Å². The van der Waals surface area contributed by atoms with Crippen molar-refractivity contribution >= 4 is 11.8 Å². The minimum atomic E-state index is -0.427. The van der Waals surface area contributed by atoms with Crippen molar-refractivity contribution in [1.82, 2.24) is 5.06 Å². The molecule has 86 valence electrons. The Kier molecular flexibility index (Phi) is 2.41. The second-order valence-electron chi connectivity index (χ2n) is 4.88. The normalized spacial score (nSPS) is 36.4.